The third-order valence-electron chi connectivity index (χ3n) is 4.51. The summed E-state index contributed by atoms with van der Waals surface area (Å²) >= 11 is 0. The van der Waals surface area contributed by atoms with Crippen LogP contribution < -0.4 is 0 Å². The van der Waals surface area contributed by atoms with Gasteiger partial charge in [-0.15, -0.1) is 0 Å². The minimum absolute atomic E-state index is 0.389. The maximum absolute atomic E-state index is 4.69. The Morgan fingerprint density at radius 2 is 1.29 bits per heavy atom. The van der Waals surface area contributed by atoms with Gasteiger partial charge < -0.3 is 0 Å². The summed E-state index contributed by atoms with van der Waals surface area (Å²) in [6.45, 7) is 0.906. The van der Waals surface area contributed by atoms with Gasteiger partial charge in [-0.05, 0) is 23.6 Å². The van der Waals surface area contributed by atoms with Gasteiger partial charge in [-0.1, -0.05) is 78.9 Å². The molecule has 3 aromatic carbocycles. The van der Waals surface area contributed by atoms with Crippen LogP contribution in [0.1, 0.15) is 23.5 Å². The maximum Gasteiger partial charge on any atom is 0.0923 e. The van der Waals surface area contributed by atoms with Gasteiger partial charge in [0, 0.05) is 24.0 Å². The maximum atomic E-state index is 4.69. The molecule has 0 saturated heterocycles. The van der Waals surface area contributed by atoms with E-state index in [-0.39, 0.29) is 0 Å². The Morgan fingerprint density at radius 3 is 1.92 bits per heavy atom. The zero-order valence-electron chi connectivity index (χ0n) is 13.5. The molecule has 2 heteroatoms. The van der Waals surface area contributed by atoms with Gasteiger partial charge in [-0.25, -0.2) is 0 Å². The van der Waals surface area contributed by atoms with Crippen molar-refractivity contribution in [2.24, 2.45) is 0 Å². The highest BCUT2D eigenvalue weighted by Crippen LogP contribution is 2.28. The van der Waals surface area contributed by atoms with Crippen LogP contribution in [0.5, 0.6) is 0 Å². The van der Waals surface area contributed by atoms with E-state index in [0.717, 1.165) is 18.5 Å². The molecule has 0 N–H and O–H groups in total. The molecule has 0 fully saturated rings. The number of aryl methyl sites for hydroxylation is 1. The predicted octanol–water partition coefficient (Wildman–Crippen LogP) is 5.26. The monoisotopic (exact) mass is 312 g/mol. The van der Waals surface area contributed by atoms with Crippen LogP contribution in [-0.2, 0) is 6.54 Å². The molecule has 0 aliphatic carbocycles. The summed E-state index contributed by atoms with van der Waals surface area (Å²) in [5.74, 6) is 0.389. The van der Waals surface area contributed by atoms with E-state index < -0.39 is 0 Å². The molecular weight excluding hydrogens is 292 g/mol. The molecule has 118 valence electrons. The highest BCUT2D eigenvalue weighted by atomic mass is 15.3. The van der Waals surface area contributed by atoms with Crippen LogP contribution in [0.4, 0.5) is 0 Å². The fourth-order valence-electron chi connectivity index (χ4n) is 3.29. The first kappa shape index (κ1) is 14.7. The van der Waals surface area contributed by atoms with E-state index in [1.165, 1.54) is 16.5 Å². The smallest absolute Gasteiger partial charge is 0.0923 e. The minimum Gasteiger partial charge on any atom is -0.271 e. The number of fused-ring (bicyclic) bond motifs is 1. The quantitative estimate of drug-likeness (QED) is 0.491. The van der Waals surface area contributed by atoms with Crippen molar-refractivity contribution < 1.29 is 0 Å². The summed E-state index contributed by atoms with van der Waals surface area (Å²) in [7, 11) is 0. The van der Waals surface area contributed by atoms with Gasteiger partial charge in [-0.2, -0.15) is 5.10 Å². The Morgan fingerprint density at radius 1 is 0.708 bits per heavy atom. The lowest BCUT2D eigenvalue weighted by atomic mass is 9.88. The molecule has 0 atom stereocenters. The van der Waals surface area contributed by atoms with E-state index in [9.17, 15) is 0 Å². The second kappa shape index (κ2) is 6.71. The highest BCUT2D eigenvalue weighted by Gasteiger charge is 2.14. The van der Waals surface area contributed by atoms with Gasteiger partial charge in [0.15, 0.2) is 0 Å². The topological polar surface area (TPSA) is 17.8 Å². The first-order chi connectivity index (χ1) is 11.9. The Hall–Kier alpha value is -2.87. The van der Waals surface area contributed by atoms with Gasteiger partial charge in [0.25, 0.3) is 0 Å². The summed E-state index contributed by atoms with van der Waals surface area (Å²) in [4.78, 5) is 0. The van der Waals surface area contributed by atoms with Crippen LogP contribution in [0, 0.1) is 0 Å². The highest BCUT2D eigenvalue weighted by molar-refractivity contribution is 5.77. The standard InChI is InChI=1S/C22H20N2/c1-3-9-18(10-4-1)21(19-11-5-2-6-12-19)15-16-24-17-20-13-7-8-14-22(20)23-24/h1-14,17,21H,15-16H2. The van der Waals surface area contributed by atoms with Crippen molar-refractivity contribution in [3.8, 4) is 0 Å². The summed E-state index contributed by atoms with van der Waals surface area (Å²) in [6, 6.07) is 29.8. The summed E-state index contributed by atoms with van der Waals surface area (Å²) in [5.41, 5.74) is 3.79. The van der Waals surface area contributed by atoms with Crippen LogP contribution in [0.3, 0.4) is 0 Å². The molecule has 24 heavy (non-hydrogen) atoms. The fourth-order valence-corrected chi connectivity index (χ4v) is 3.29. The third-order valence-corrected chi connectivity index (χ3v) is 4.51. The van der Waals surface area contributed by atoms with Crippen molar-refractivity contribution in [1.82, 2.24) is 9.78 Å². The normalized spacial score (nSPS) is 11.2. The summed E-state index contributed by atoms with van der Waals surface area (Å²) in [6.07, 6.45) is 3.17. The third kappa shape index (κ3) is 3.09. The minimum atomic E-state index is 0.389. The molecule has 0 aliphatic rings. The number of rotatable bonds is 5. The molecule has 4 aromatic rings. The number of hydrogen-bond donors (Lipinski definition) is 0. The molecule has 0 saturated carbocycles. The molecule has 0 spiro atoms. The largest absolute Gasteiger partial charge is 0.271 e. The number of nitrogens with zero attached hydrogens (tertiary/aromatic N) is 2. The molecule has 0 amide bonds. The SMILES string of the molecule is c1ccc(C(CCn2cc3ccccc3n2)c2ccccc2)cc1. The van der Waals surface area contributed by atoms with Crippen LogP contribution in [0.25, 0.3) is 10.9 Å². The van der Waals surface area contributed by atoms with E-state index in [1.54, 1.807) is 0 Å². The molecular formula is C22H20N2. The van der Waals surface area contributed by atoms with Crippen LogP contribution in [0.2, 0.25) is 0 Å². The van der Waals surface area contributed by atoms with E-state index in [0.29, 0.717) is 5.92 Å². The van der Waals surface area contributed by atoms with Crippen LogP contribution in [0.15, 0.2) is 91.1 Å². The van der Waals surface area contributed by atoms with Crippen LogP contribution in [-0.4, -0.2) is 9.78 Å². The van der Waals surface area contributed by atoms with E-state index in [2.05, 4.69) is 94.8 Å². The molecule has 1 aromatic heterocycles. The van der Waals surface area contributed by atoms with Crippen molar-refractivity contribution in [3.05, 3.63) is 102 Å². The first-order valence-electron chi connectivity index (χ1n) is 8.42. The Bertz CT molecular complexity index is 838. The van der Waals surface area contributed by atoms with Crippen molar-refractivity contribution in [2.75, 3.05) is 0 Å². The molecule has 0 unspecified atom stereocenters. The fraction of sp³-hybridized carbons (Fsp3) is 0.136. The molecule has 0 bridgehead atoms. The number of hydrogen-bond acceptors (Lipinski definition) is 1. The molecule has 1 heterocycles. The zero-order chi connectivity index (χ0) is 16.2. The van der Waals surface area contributed by atoms with E-state index in [1.807, 2.05) is 6.07 Å². The van der Waals surface area contributed by atoms with E-state index in [4.69, 9.17) is 0 Å². The molecule has 4 rings (SSSR count). The average molecular weight is 312 g/mol. The van der Waals surface area contributed by atoms with Gasteiger partial charge >= 0.3 is 0 Å². The van der Waals surface area contributed by atoms with Crippen molar-refractivity contribution >= 4 is 10.9 Å². The summed E-state index contributed by atoms with van der Waals surface area (Å²) in [5, 5.41) is 5.89. The van der Waals surface area contributed by atoms with Gasteiger partial charge in [0.05, 0.1) is 5.52 Å². The molecule has 0 radical (unpaired) electrons. The Labute approximate surface area is 142 Å². The molecule has 2 nitrogen and oxygen atoms in total. The average Bonchev–Trinajstić information content (AvgIpc) is 3.07. The van der Waals surface area contributed by atoms with Crippen LogP contribution >= 0.6 is 0 Å². The first-order valence-corrected chi connectivity index (χ1v) is 8.42. The lowest BCUT2D eigenvalue weighted by molar-refractivity contribution is 0.551. The van der Waals surface area contributed by atoms with Gasteiger partial charge in [0.1, 0.15) is 0 Å². The summed E-state index contributed by atoms with van der Waals surface area (Å²) < 4.78 is 2.07. The second-order valence-corrected chi connectivity index (χ2v) is 6.11. The second-order valence-electron chi connectivity index (χ2n) is 6.11. The van der Waals surface area contributed by atoms with Crippen molar-refractivity contribution in [3.63, 3.8) is 0 Å². The number of benzene rings is 3. The lowest BCUT2D eigenvalue weighted by Gasteiger charge is -2.18. The molecule has 0 aliphatic heterocycles. The Balaban J connectivity index is 1.60. The van der Waals surface area contributed by atoms with Crippen molar-refractivity contribution in [2.45, 2.75) is 18.9 Å². The van der Waals surface area contributed by atoms with Gasteiger partial charge in [0.2, 0.25) is 0 Å². The lowest BCUT2D eigenvalue weighted by Crippen LogP contribution is -2.07. The number of aromatic nitrogens is 2. The van der Waals surface area contributed by atoms with Crippen molar-refractivity contribution in [1.29, 1.82) is 0 Å². The Kier molecular flexibility index (Phi) is 4.11. The van der Waals surface area contributed by atoms with Gasteiger partial charge in [-0.3, -0.25) is 4.68 Å². The van der Waals surface area contributed by atoms with E-state index >= 15 is 0 Å². The zero-order valence-corrected chi connectivity index (χ0v) is 13.5. The predicted molar refractivity (Wildman–Crippen MR) is 99.1 cm³/mol.